The van der Waals surface area contributed by atoms with Crippen LogP contribution in [0.1, 0.15) is 20.3 Å². The number of hydrogen-bond donors (Lipinski definition) is 1. The number of ether oxygens (including phenoxy) is 1. The molecule has 0 aliphatic carbocycles. The Labute approximate surface area is 91.1 Å². The summed E-state index contributed by atoms with van der Waals surface area (Å²) in [6.07, 6.45) is 1.63. The Morgan fingerprint density at radius 3 is 2.47 bits per heavy atom. The third kappa shape index (κ3) is 11.3. The lowest BCUT2D eigenvalue weighted by Crippen LogP contribution is -2.30. The predicted octanol–water partition coefficient (Wildman–Crippen LogP) is -0.0377. The van der Waals surface area contributed by atoms with Crippen molar-refractivity contribution in [1.82, 2.24) is 5.32 Å². The topological polar surface area (TPSA) is 72.5 Å². The van der Waals surface area contributed by atoms with Gasteiger partial charge < -0.3 is 10.1 Å². The maximum Gasteiger partial charge on any atom is 0.246 e. The molecule has 0 aromatic heterocycles. The summed E-state index contributed by atoms with van der Waals surface area (Å²) < 4.78 is 26.6. The van der Waals surface area contributed by atoms with Crippen LogP contribution < -0.4 is 5.32 Å². The van der Waals surface area contributed by atoms with Gasteiger partial charge in [0.1, 0.15) is 16.4 Å². The number of carbonyl (C=O) groups excluding carboxylic acids is 1. The molecule has 1 amide bonds. The molecule has 1 N–H and O–H groups in total. The fourth-order valence-electron chi connectivity index (χ4n) is 0.856. The summed E-state index contributed by atoms with van der Waals surface area (Å²) in [5, 5.41) is 2.58. The van der Waals surface area contributed by atoms with E-state index in [4.69, 9.17) is 4.74 Å². The van der Waals surface area contributed by atoms with Crippen LogP contribution in [-0.4, -0.2) is 45.6 Å². The Kier molecular flexibility index (Phi) is 6.51. The van der Waals surface area contributed by atoms with Crippen molar-refractivity contribution in [3.63, 3.8) is 0 Å². The largest absolute Gasteiger partial charge is 0.369 e. The summed E-state index contributed by atoms with van der Waals surface area (Å²) in [6, 6.07) is 0. The van der Waals surface area contributed by atoms with Crippen LogP contribution in [0.25, 0.3) is 0 Å². The summed E-state index contributed by atoms with van der Waals surface area (Å²) in [5.74, 6) is -0.115. The number of carbonyl (C=O) groups is 1. The van der Waals surface area contributed by atoms with E-state index in [0.717, 1.165) is 0 Å². The molecule has 0 spiro atoms. The van der Waals surface area contributed by atoms with E-state index >= 15 is 0 Å². The van der Waals surface area contributed by atoms with Crippen molar-refractivity contribution < 1.29 is 17.9 Å². The van der Waals surface area contributed by atoms with Crippen LogP contribution in [0.5, 0.6) is 0 Å². The zero-order chi connectivity index (χ0) is 11.9. The maximum atomic E-state index is 11.1. The molecule has 0 aromatic rings. The SMILES string of the molecule is CC(C)OCC(=O)NCCCS(C)(=O)=O. The summed E-state index contributed by atoms with van der Waals surface area (Å²) in [7, 11) is -2.93. The summed E-state index contributed by atoms with van der Waals surface area (Å²) >= 11 is 0. The molecular formula is C9H19NO4S. The number of sulfone groups is 1. The minimum absolute atomic E-state index is 0.0202. The van der Waals surface area contributed by atoms with Crippen molar-refractivity contribution in [2.24, 2.45) is 0 Å². The van der Waals surface area contributed by atoms with E-state index in [-0.39, 0.29) is 24.4 Å². The Balaban J connectivity index is 3.48. The standard InChI is InChI=1S/C9H19NO4S/c1-8(2)14-7-9(11)10-5-4-6-15(3,12)13/h8H,4-7H2,1-3H3,(H,10,11). The molecule has 5 nitrogen and oxygen atoms in total. The molecule has 0 saturated heterocycles. The minimum atomic E-state index is -2.93. The molecular weight excluding hydrogens is 218 g/mol. The Hall–Kier alpha value is -0.620. The fraction of sp³-hybridized carbons (Fsp3) is 0.889. The van der Waals surface area contributed by atoms with Crippen LogP contribution in [0.15, 0.2) is 0 Å². The van der Waals surface area contributed by atoms with Crippen molar-refractivity contribution >= 4 is 15.7 Å². The van der Waals surface area contributed by atoms with Gasteiger partial charge in [0.05, 0.1) is 11.9 Å². The molecule has 0 heterocycles. The lowest BCUT2D eigenvalue weighted by atomic mass is 10.4. The molecule has 0 aliphatic rings. The van der Waals surface area contributed by atoms with Crippen LogP contribution in [0.3, 0.4) is 0 Å². The van der Waals surface area contributed by atoms with E-state index in [1.807, 2.05) is 13.8 Å². The maximum absolute atomic E-state index is 11.1. The van der Waals surface area contributed by atoms with Gasteiger partial charge in [0.25, 0.3) is 0 Å². The summed E-state index contributed by atoms with van der Waals surface area (Å²) in [5.41, 5.74) is 0. The molecule has 0 aromatic carbocycles. The molecule has 0 radical (unpaired) electrons. The summed E-state index contributed by atoms with van der Waals surface area (Å²) in [4.78, 5) is 11.1. The highest BCUT2D eigenvalue weighted by atomic mass is 32.2. The predicted molar refractivity (Wildman–Crippen MR) is 58.4 cm³/mol. The smallest absolute Gasteiger partial charge is 0.246 e. The van der Waals surface area contributed by atoms with Gasteiger partial charge in [0, 0.05) is 12.8 Å². The van der Waals surface area contributed by atoms with Gasteiger partial charge >= 0.3 is 0 Å². The molecule has 0 aliphatic heterocycles. The zero-order valence-corrected chi connectivity index (χ0v) is 10.3. The zero-order valence-electron chi connectivity index (χ0n) is 9.45. The second kappa shape index (κ2) is 6.79. The Bertz CT molecular complexity index is 284. The molecule has 6 heteroatoms. The highest BCUT2D eigenvalue weighted by Crippen LogP contribution is 1.88. The average Bonchev–Trinajstić information content (AvgIpc) is 2.07. The molecule has 0 atom stereocenters. The van der Waals surface area contributed by atoms with Crippen LogP contribution in [0.4, 0.5) is 0 Å². The first-order chi connectivity index (χ1) is 6.81. The molecule has 0 unspecified atom stereocenters. The Morgan fingerprint density at radius 1 is 1.40 bits per heavy atom. The molecule has 0 saturated carbocycles. The highest BCUT2D eigenvalue weighted by molar-refractivity contribution is 7.90. The van der Waals surface area contributed by atoms with E-state index in [1.165, 1.54) is 6.26 Å². The normalized spacial score (nSPS) is 11.7. The number of amides is 1. The number of hydrogen-bond acceptors (Lipinski definition) is 4. The summed E-state index contributed by atoms with van der Waals surface area (Å²) in [6.45, 7) is 4.08. The molecule has 0 fully saturated rings. The van der Waals surface area contributed by atoms with E-state index in [0.29, 0.717) is 13.0 Å². The van der Waals surface area contributed by atoms with Crippen LogP contribution in [0.2, 0.25) is 0 Å². The second-order valence-corrected chi connectivity index (χ2v) is 5.95. The lowest BCUT2D eigenvalue weighted by Gasteiger charge is -2.07. The van der Waals surface area contributed by atoms with Crippen molar-refractivity contribution in [3.05, 3.63) is 0 Å². The molecule has 90 valence electrons. The van der Waals surface area contributed by atoms with E-state index < -0.39 is 9.84 Å². The van der Waals surface area contributed by atoms with Gasteiger partial charge in [-0.3, -0.25) is 4.79 Å². The van der Waals surface area contributed by atoms with Crippen molar-refractivity contribution in [2.75, 3.05) is 25.2 Å². The first kappa shape index (κ1) is 14.4. The fourth-order valence-corrected chi connectivity index (χ4v) is 1.52. The number of rotatable bonds is 7. The molecule has 15 heavy (non-hydrogen) atoms. The van der Waals surface area contributed by atoms with Crippen molar-refractivity contribution in [3.8, 4) is 0 Å². The number of nitrogens with one attached hydrogen (secondary N) is 1. The van der Waals surface area contributed by atoms with Gasteiger partial charge in [-0.05, 0) is 20.3 Å². The van der Waals surface area contributed by atoms with Gasteiger partial charge in [-0.1, -0.05) is 0 Å². The van der Waals surface area contributed by atoms with Gasteiger partial charge in [-0.15, -0.1) is 0 Å². The Morgan fingerprint density at radius 2 is 2.00 bits per heavy atom. The quantitative estimate of drug-likeness (QED) is 0.631. The minimum Gasteiger partial charge on any atom is -0.369 e. The van der Waals surface area contributed by atoms with Crippen LogP contribution in [0, 0.1) is 0 Å². The first-order valence-corrected chi connectivity index (χ1v) is 6.93. The molecule has 0 bridgehead atoms. The highest BCUT2D eigenvalue weighted by Gasteiger charge is 2.04. The van der Waals surface area contributed by atoms with Gasteiger partial charge in [-0.2, -0.15) is 0 Å². The van der Waals surface area contributed by atoms with E-state index in [1.54, 1.807) is 0 Å². The first-order valence-electron chi connectivity index (χ1n) is 4.87. The van der Waals surface area contributed by atoms with Crippen LogP contribution >= 0.6 is 0 Å². The van der Waals surface area contributed by atoms with Gasteiger partial charge in [0.2, 0.25) is 5.91 Å². The monoisotopic (exact) mass is 237 g/mol. The average molecular weight is 237 g/mol. The second-order valence-electron chi connectivity index (χ2n) is 3.69. The van der Waals surface area contributed by atoms with E-state index in [2.05, 4.69) is 5.32 Å². The lowest BCUT2D eigenvalue weighted by molar-refractivity contribution is -0.127. The third-order valence-corrected chi connectivity index (χ3v) is 2.59. The third-order valence-electron chi connectivity index (χ3n) is 1.56. The van der Waals surface area contributed by atoms with Crippen molar-refractivity contribution in [1.29, 1.82) is 0 Å². The van der Waals surface area contributed by atoms with Crippen LogP contribution in [-0.2, 0) is 19.4 Å². The van der Waals surface area contributed by atoms with E-state index in [9.17, 15) is 13.2 Å². The molecule has 0 rings (SSSR count). The van der Waals surface area contributed by atoms with Gasteiger partial charge in [0.15, 0.2) is 0 Å². The van der Waals surface area contributed by atoms with Gasteiger partial charge in [-0.25, -0.2) is 8.42 Å². The van der Waals surface area contributed by atoms with Crippen molar-refractivity contribution in [2.45, 2.75) is 26.4 Å².